The van der Waals surface area contributed by atoms with Gasteiger partial charge in [-0.3, -0.25) is 9.11 Å². The molecule has 0 unspecified atom stereocenters. The standard InChI is InChI=1S/C14H20NO2.ClH.H2O4S/c1-4-14(16)17-11-10-15(2,3)12-13-8-6-5-7-9-13;;1-5(2,3)4/h4-9H,1,10-12H2,2-3H3;1H;(H2,1,2,3,4)/q+1;;. The van der Waals surface area contributed by atoms with Crippen molar-refractivity contribution in [3.05, 3.63) is 48.6 Å². The monoisotopic (exact) mass is 368 g/mol. The van der Waals surface area contributed by atoms with Crippen LogP contribution in [0, 0.1) is 0 Å². The van der Waals surface area contributed by atoms with Crippen LogP contribution in [-0.4, -0.2) is 55.2 Å². The summed E-state index contributed by atoms with van der Waals surface area (Å²) < 4.78 is 37.4. The Morgan fingerprint density at radius 3 is 2.17 bits per heavy atom. The van der Waals surface area contributed by atoms with E-state index in [2.05, 4.69) is 32.8 Å². The number of hydrogen-bond donors (Lipinski definition) is 2. The lowest BCUT2D eigenvalue weighted by atomic mass is 10.2. The summed E-state index contributed by atoms with van der Waals surface area (Å²) in [4.78, 5) is 10.9. The Hall–Kier alpha value is -1.45. The van der Waals surface area contributed by atoms with Crippen LogP contribution >= 0.6 is 12.4 Å². The molecule has 1 aromatic rings. The summed E-state index contributed by atoms with van der Waals surface area (Å²) >= 11 is 0. The number of hydrogen-bond acceptors (Lipinski definition) is 4. The molecule has 0 spiro atoms. The molecule has 9 heteroatoms. The van der Waals surface area contributed by atoms with Gasteiger partial charge in [-0.05, 0) is 0 Å². The fourth-order valence-corrected chi connectivity index (χ4v) is 1.61. The summed E-state index contributed by atoms with van der Waals surface area (Å²) in [6, 6.07) is 10.3. The Morgan fingerprint density at radius 2 is 1.74 bits per heavy atom. The Labute approximate surface area is 143 Å². The highest BCUT2D eigenvalue weighted by atomic mass is 35.5. The second-order valence-corrected chi connectivity index (χ2v) is 6.02. The summed E-state index contributed by atoms with van der Waals surface area (Å²) in [5, 5.41) is 0. The molecule has 0 saturated carbocycles. The molecule has 1 rings (SSSR count). The third kappa shape index (κ3) is 16.7. The second kappa shape index (κ2) is 11.1. The van der Waals surface area contributed by atoms with Crippen LogP contribution in [0.25, 0.3) is 0 Å². The third-order valence-electron chi connectivity index (χ3n) is 2.56. The number of carbonyl (C=O) groups is 1. The van der Waals surface area contributed by atoms with Gasteiger partial charge in [-0.15, -0.1) is 12.4 Å². The number of nitrogens with zero attached hydrogens (tertiary/aromatic N) is 1. The fourth-order valence-electron chi connectivity index (χ4n) is 1.61. The molecule has 0 aliphatic heterocycles. The Kier molecular flexibility index (Phi) is 11.5. The zero-order valence-corrected chi connectivity index (χ0v) is 14.7. The van der Waals surface area contributed by atoms with Gasteiger partial charge in [0.2, 0.25) is 0 Å². The van der Waals surface area contributed by atoms with Gasteiger partial charge in [-0.2, -0.15) is 8.42 Å². The van der Waals surface area contributed by atoms with Gasteiger partial charge in [0.1, 0.15) is 19.7 Å². The minimum Gasteiger partial charge on any atom is -0.457 e. The van der Waals surface area contributed by atoms with Crippen molar-refractivity contribution in [2.45, 2.75) is 6.54 Å². The smallest absolute Gasteiger partial charge is 0.394 e. The second-order valence-electron chi connectivity index (χ2n) is 5.12. The zero-order valence-electron chi connectivity index (χ0n) is 13.1. The van der Waals surface area contributed by atoms with Crippen molar-refractivity contribution < 1.29 is 31.5 Å². The minimum atomic E-state index is -4.67. The van der Waals surface area contributed by atoms with Gasteiger partial charge in [0.05, 0.1) is 14.1 Å². The van der Waals surface area contributed by atoms with Gasteiger partial charge in [-0.25, -0.2) is 4.79 Å². The molecule has 0 heterocycles. The van der Waals surface area contributed by atoms with Crippen LogP contribution in [0.3, 0.4) is 0 Å². The van der Waals surface area contributed by atoms with Crippen LogP contribution in [-0.2, 0) is 26.5 Å². The van der Waals surface area contributed by atoms with Gasteiger partial charge < -0.3 is 9.22 Å². The van der Waals surface area contributed by atoms with Gasteiger partial charge in [0, 0.05) is 11.6 Å². The quantitative estimate of drug-likeness (QED) is 0.343. The molecule has 1 aromatic carbocycles. The normalized spacial score (nSPS) is 10.6. The number of halogens is 1. The average Bonchev–Trinajstić information content (AvgIpc) is 2.37. The number of carbonyl (C=O) groups excluding carboxylic acids is 1. The van der Waals surface area contributed by atoms with E-state index in [-0.39, 0.29) is 18.4 Å². The van der Waals surface area contributed by atoms with Crippen LogP contribution in [0.4, 0.5) is 0 Å². The van der Waals surface area contributed by atoms with Gasteiger partial charge >= 0.3 is 16.4 Å². The molecule has 0 atom stereocenters. The molecule has 0 saturated heterocycles. The summed E-state index contributed by atoms with van der Waals surface area (Å²) in [6.45, 7) is 5.49. The van der Waals surface area contributed by atoms with E-state index in [1.807, 2.05) is 18.2 Å². The van der Waals surface area contributed by atoms with E-state index in [9.17, 15) is 4.79 Å². The van der Waals surface area contributed by atoms with E-state index >= 15 is 0 Å². The third-order valence-corrected chi connectivity index (χ3v) is 2.56. The molecule has 132 valence electrons. The highest BCUT2D eigenvalue weighted by Crippen LogP contribution is 2.08. The lowest BCUT2D eigenvalue weighted by molar-refractivity contribution is -0.903. The van der Waals surface area contributed by atoms with Crippen molar-refractivity contribution in [2.24, 2.45) is 0 Å². The van der Waals surface area contributed by atoms with Crippen molar-refractivity contribution in [1.29, 1.82) is 0 Å². The van der Waals surface area contributed by atoms with Crippen molar-refractivity contribution in [2.75, 3.05) is 27.2 Å². The fraction of sp³-hybridized carbons (Fsp3) is 0.357. The molecule has 0 aliphatic rings. The van der Waals surface area contributed by atoms with Crippen molar-refractivity contribution >= 4 is 28.8 Å². The molecular weight excluding hydrogens is 346 g/mol. The summed E-state index contributed by atoms with van der Waals surface area (Å²) in [6.07, 6.45) is 1.19. The highest BCUT2D eigenvalue weighted by molar-refractivity contribution is 7.79. The van der Waals surface area contributed by atoms with Crippen molar-refractivity contribution in [3.8, 4) is 0 Å². The minimum absolute atomic E-state index is 0. The van der Waals surface area contributed by atoms with E-state index in [0.29, 0.717) is 6.61 Å². The number of esters is 1. The number of benzene rings is 1. The average molecular weight is 369 g/mol. The molecule has 2 N–H and O–H groups in total. The van der Waals surface area contributed by atoms with Gasteiger partial charge in [0.25, 0.3) is 0 Å². The van der Waals surface area contributed by atoms with E-state index in [4.69, 9.17) is 22.3 Å². The first-order chi connectivity index (χ1) is 10.0. The first kappa shape index (κ1) is 23.8. The first-order valence-corrected chi connectivity index (χ1v) is 7.78. The van der Waals surface area contributed by atoms with Crippen molar-refractivity contribution in [3.63, 3.8) is 0 Å². The van der Waals surface area contributed by atoms with Crippen LogP contribution in [0.2, 0.25) is 0 Å². The Bertz CT molecular complexity index is 566. The molecule has 0 radical (unpaired) electrons. The molecule has 7 nitrogen and oxygen atoms in total. The molecular formula is C14H23ClNO6S+. The van der Waals surface area contributed by atoms with Crippen LogP contribution in [0.15, 0.2) is 43.0 Å². The van der Waals surface area contributed by atoms with E-state index in [0.717, 1.165) is 17.6 Å². The maximum Gasteiger partial charge on any atom is 0.394 e. The summed E-state index contributed by atoms with van der Waals surface area (Å²) in [7, 11) is -0.427. The largest absolute Gasteiger partial charge is 0.457 e. The maximum absolute atomic E-state index is 10.9. The van der Waals surface area contributed by atoms with E-state index < -0.39 is 10.4 Å². The zero-order chi connectivity index (χ0) is 17.2. The van der Waals surface area contributed by atoms with Crippen LogP contribution in [0.1, 0.15) is 5.56 Å². The van der Waals surface area contributed by atoms with Crippen LogP contribution < -0.4 is 0 Å². The molecule has 0 fully saturated rings. The molecule has 0 amide bonds. The number of likely N-dealkylation sites (N-methyl/N-ethyl adjacent to an activating group) is 1. The SMILES string of the molecule is C=CC(=O)OCC[N+](C)(C)Cc1ccccc1.Cl.O=S(=O)(O)O. The lowest BCUT2D eigenvalue weighted by Crippen LogP contribution is -2.41. The Balaban J connectivity index is 0. The highest BCUT2D eigenvalue weighted by Gasteiger charge is 2.16. The maximum atomic E-state index is 10.9. The van der Waals surface area contributed by atoms with Gasteiger partial charge in [0.15, 0.2) is 0 Å². The van der Waals surface area contributed by atoms with Crippen molar-refractivity contribution in [1.82, 2.24) is 0 Å². The first-order valence-electron chi connectivity index (χ1n) is 6.38. The van der Waals surface area contributed by atoms with Gasteiger partial charge in [-0.1, -0.05) is 36.9 Å². The lowest BCUT2D eigenvalue weighted by Gasteiger charge is -2.29. The molecule has 0 aromatic heterocycles. The predicted molar refractivity (Wildman–Crippen MR) is 89.7 cm³/mol. The van der Waals surface area contributed by atoms with Crippen LogP contribution in [0.5, 0.6) is 0 Å². The van der Waals surface area contributed by atoms with E-state index in [1.165, 1.54) is 11.6 Å². The number of rotatable bonds is 6. The summed E-state index contributed by atoms with van der Waals surface area (Å²) in [5.41, 5.74) is 1.28. The molecule has 0 bridgehead atoms. The summed E-state index contributed by atoms with van der Waals surface area (Å²) in [5.74, 6) is -0.357. The predicted octanol–water partition coefficient (Wildman–Crippen LogP) is 1.76. The topological polar surface area (TPSA) is 101 Å². The Morgan fingerprint density at radius 1 is 1.26 bits per heavy atom. The number of quaternary nitrogens is 1. The molecule has 23 heavy (non-hydrogen) atoms. The number of ether oxygens (including phenoxy) is 1. The molecule has 0 aliphatic carbocycles. The van der Waals surface area contributed by atoms with E-state index in [1.54, 1.807) is 0 Å².